The van der Waals surface area contributed by atoms with E-state index in [1.165, 1.54) is 6.07 Å². The van der Waals surface area contributed by atoms with Gasteiger partial charge in [-0.05, 0) is 23.8 Å². The molecular weight excluding hydrogens is 278 g/mol. The van der Waals surface area contributed by atoms with E-state index in [4.69, 9.17) is 11.6 Å². The molecule has 1 aromatic carbocycles. The number of pyridine rings is 1. The summed E-state index contributed by atoms with van der Waals surface area (Å²) in [6.45, 7) is 0.674. The van der Waals surface area contributed by atoms with Crippen LogP contribution in [0.15, 0.2) is 42.7 Å². The summed E-state index contributed by atoms with van der Waals surface area (Å²) in [4.78, 5) is 16.5. The van der Waals surface area contributed by atoms with Crippen molar-refractivity contribution in [3.63, 3.8) is 0 Å². The number of nitro groups is 1. The van der Waals surface area contributed by atoms with E-state index in [9.17, 15) is 10.1 Å². The van der Waals surface area contributed by atoms with E-state index in [0.29, 0.717) is 12.1 Å². The maximum Gasteiger partial charge on any atom is 0.273 e. The number of nitro benzene ring substituents is 1. The number of alkyl halides is 1. The van der Waals surface area contributed by atoms with Crippen molar-refractivity contribution >= 4 is 23.0 Å². The highest BCUT2D eigenvalue weighted by atomic mass is 35.5. The van der Waals surface area contributed by atoms with Gasteiger partial charge in [0.2, 0.25) is 0 Å². The maximum absolute atomic E-state index is 10.9. The molecule has 0 aliphatic carbocycles. The predicted molar refractivity (Wildman–Crippen MR) is 79.0 cm³/mol. The van der Waals surface area contributed by atoms with Crippen molar-refractivity contribution in [3.05, 3.63) is 64.0 Å². The first-order valence-corrected chi connectivity index (χ1v) is 6.58. The highest BCUT2D eigenvalue weighted by Crippen LogP contribution is 2.26. The van der Waals surface area contributed by atoms with E-state index in [1.54, 1.807) is 24.5 Å². The Labute approximate surface area is 122 Å². The van der Waals surface area contributed by atoms with Gasteiger partial charge < -0.3 is 4.90 Å². The molecule has 0 saturated heterocycles. The normalized spacial score (nSPS) is 10.3. The Morgan fingerprint density at radius 1 is 1.40 bits per heavy atom. The lowest BCUT2D eigenvalue weighted by molar-refractivity contribution is -0.385. The van der Waals surface area contributed by atoms with Gasteiger partial charge in [-0.15, -0.1) is 11.6 Å². The smallest absolute Gasteiger partial charge is 0.273 e. The molecular formula is C14H14ClN3O2. The van der Waals surface area contributed by atoms with Crippen molar-refractivity contribution in [1.29, 1.82) is 0 Å². The highest BCUT2D eigenvalue weighted by molar-refractivity contribution is 6.17. The molecule has 104 valence electrons. The topological polar surface area (TPSA) is 59.3 Å². The summed E-state index contributed by atoms with van der Waals surface area (Å²) in [5.41, 5.74) is 2.53. The van der Waals surface area contributed by atoms with Crippen molar-refractivity contribution in [2.24, 2.45) is 0 Å². The van der Waals surface area contributed by atoms with Crippen molar-refractivity contribution < 1.29 is 4.92 Å². The van der Waals surface area contributed by atoms with Gasteiger partial charge in [0.15, 0.2) is 0 Å². The average molecular weight is 292 g/mol. The summed E-state index contributed by atoms with van der Waals surface area (Å²) in [5.74, 6) is 0.116. The third-order valence-electron chi connectivity index (χ3n) is 2.99. The maximum atomic E-state index is 10.9. The van der Waals surface area contributed by atoms with Gasteiger partial charge in [-0.1, -0.05) is 6.07 Å². The zero-order valence-electron chi connectivity index (χ0n) is 11.0. The second-order valence-corrected chi connectivity index (χ2v) is 4.69. The van der Waals surface area contributed by atoms with E-state index >= 15 is 0 Å². The molecule has 5 nitrogen and oxygen atoms in total. The van der Waals surface area contributed by atoms with Crippen molar-refractivity contribution in [1.82, 2.24) is 4.98 Å². The summed E-state index contributed by atoms with van der Waals surface area (Å²) in [7, 11) is 1.92. The van der Waals surface area contributed by atoms with E-state index in [-0.39, 0.29) is 11.6 Å². The number of rotatable bonds is 5. The minimum absolute atomic E-state index is 0.0542. The van der Waals surface area contributed by atoms with E-state index in [2.05, 4.69) is 4.98 Å². The van der Waals surface area contributed by atoms with Gasteiger partial charge in [0.25, 0.3) is 5.69 Å². The van der Waals surface area contributed by atoms with Crippen LogP contribution in [0.5, 0.6) is 0 Å². The minimum atomic E-state index is -0.414. The molecule has 0 atom stereocenters. The summed E-state index contributed by atoms with van der Waals surface area (Å²) < 4.78 is 0. The molecule has 2 aromatic rings. The molecule has 2 rings (SSSR count). The van der Waals surface area contributed by atoms with Crippen molar-refractivity contribution in [3.8, 4) is 0 Å². The fourth-order valence-corrected chi connectivity index (χ4v) is 2.17. The number of halogens is 1. The van der Waals surface area contributed by atoms with Crippen LogP contribution >= 0.6 is 11.6 Å². The number of anilines is 1. The van der Waals surface area contributed by atoms with Crippen molar-refractivity contribution in [2.45, 2.75) is 12.4 Å². The fraction of sp³-hybridized carbons (Fsp3) is 0.214. The van der Waals surface area contributed by atoms with Crippen molar-refractivity contribution in [2.75, 3.05) is 11.9 Å². The quantitative estimate of drug-likeness (QED) is 0.481. The Morgan fingerprint density at radius 2 is 2.20 bits per heavy atom. The Hall–Kier alpha value is -2.14. The lowest BCUT2D eigenvalue weighted by atomic mass is 10.1. The molecule has 6 heteroatoms. The lowest BCUT2D eigenvalue weighted by Crippen LogP contribution is -2.16. The molecule has 0 aliphatic heterocycles. The first-order valence-electron chi connectivity index (χ1n) is 6.05. The Bertz CT molecular complexity index is 605. The van der Waals surface area contributed by atoms with Crippen LogP contribution in [0.2, 0.25) is 0 Å². The predicted octanol–water partition coefficient (Wildman–Crippen LogP) is 3.37. The fourth-order valence-electron chi connectivity index (χ4n) is 1.95. The molecule has 20 heavy (non-hydrogen) atoms. The zero-order chi connectivity index (χ0) is 14.5. The van der Waals surface area contributed by atoms with Crippen LogP contribution in [0, 0.1) is 10.1 Å². The van der Waals surface area contributed by atoms with Crippen LogP contribution < -0.4 is 4.90 Å². The van der Waals surface area contributed by atoms with Gasteiger partial charge in [-0.3, -0.25) is 15.1 Å². The molecule has 0 aliphatic rings. The molecule has 0 saturated carbocycles. The molecule has 1 aromatic heterocycles. The van der Waals surface area contributed by atoms with E-state index in [0.717, 1.165) is 11.3 Å². The number of hydrogen-bond acceptors (Lipinski definition) is 4. The summed E-state index contributed by atoms with van der Waals surface area (Å²) >= 11 is 5.78. The van der Waals surface area contributed by atoms with Gasteiger partial charge in [0.1, 0.15) is 0 Å². The lowest BCUT2D eigenvalue weighted by Gasteiger charge is -2.19. The SMILES string of the molecule is CN(Cc1cccnc1)c1ccc([N+](=O)[O-])c(CCl)c1. The summed E-state index contributed by atoms with van der Waals surface area (Å²) in [6.07, 6.45) is 3.52. The third kappa shape index (κ3) is 3.24. The molecule has 0 unspecified atom stereocenters. The first-order chi connectivity index (χ1) is 9.61. The Balaban J connectivity index is 2.22. The highest BCUT2D eigenvalue weighted by Gasteiger charge is 2.14. The summed E-state index contributed by atoms with van der Waals surface area (Å²) in [6, 6.07) is 8.83. The largest absolute Gasteiger partial charge is 0.370 e. The number of benzene rings is 1. The Morgan fingerprint density at radius 3 is 2.80 bits per heavy atom. The monoisotopic (exact) mass is 291 g/mol. The van der Waals surface area contributed by atoms with Gasteiger partial charge in [-0.2, -0.15) is 0 Å². The second kappa shape index (κ2) is 6.34. The third-order valence-corrected chi connectivity index (χ3v) is 3.27. The minimum Gasteiger partial charge on any atom is -0.370 e. The molecule has 0 bridgehead atoms. The molecule has 0 amide bonds. The van der Waals surface area contributed by atoms with Gasteiger partial charge in [-0.25, -0.2) is 0 Å². The zero-order valence-corrected chi connectivity index (χ0v) is 11.7. The number of aromatic nitrogens is 1. The van der Waals surface area contributed by atoms with Crippen LogP contribution in [0.25, 0.3) is 0 Å². The molecule has 0 radical (unpaired) electrons. The van der Waals surface area contributed by atoms with Gasteiger partial charge in [0, 0.05) is 43.3 Å². The van der Waals surface area contributed by atoms with Crippen LogP contribution in [0.4, 0.5) is 11.4 Å². The molecule has 0 N–H and O–H groups in total. The first kappa shape index (κ1) is 14.3. The summed E-state index contributed by atoms with van der Waals surface area (Å²) in [5, 5.41) is 10.9. The standard InChI is InChI=1S/C14H14ClN3O2/c1-17(10-11-3-2-6-16-9-11)13-4-5-14(18(19)20)12(7-13)8-15/h2-7,9H,8,10H2,1H3. The average Bonchev–Trinajstić information content (AvgIpc) is 2.47. The molecule has 0 fully saturated rings. The van der Waals surface area contributed by atoms with Crippen LogP contribution in [-0.2, 0) is 12.4 Å². The number of nitrogens with zero attached hydrogens (tertiary/aromatic N) is 3. The Kier molecular flexibility index (Phi) is 4.53. The van der Waals surface area contributed by atoms with E-state index in [1.807, 2.05) is 24.1 Å². The van der Waals surface area contributed by atoms with E-state index < -0.39 is 4.92 Å². The molecule has 0 spiro atoms. The second-order valence-electron chi connectivity index (χ2n) is 4.42. The van der Waals surface area contributed by atoms with Crippen LogP contribution in [-0.4, -0.2) is 17.0 Å². The molecule has 1 heterocycles. The number of hydrogen-bond donors (Lipinski definition) is 0. The van der Waals surface area contributed by atoms with Gasteiger partial charge >= 0.3 is 0 Å². The van der Waals surface area contributed by atoms with Gasteiger partial charge in [0.05, 0.1) is 10.8 Å². The van der Waals surface area contributed by atoms with Crippen LogP contribution in [0.3, 0.4) is 0 Å². The van der Waals surface area contributed by atoms with Crippen LogP contribution in [0.1, 0.15) is 11.1 Å².